The minimum atomic E-state index is -1.03. The Morgan fingerprint density at radius 3 is 2.25 bits per heavy atom. The summed E-state index contributed by atoms with van der Waals surface area (Å²) in [5.41, 5.74) is 3.07. The number of nitrogens with one attached hydrogen (secondary N) is 1. The quantitative estimate of drug-likeness (QED) is 0.727. The first-order chi connectivity index (χ1) is 13.4. The zero-order chi connectivity index (χ0) is 20.3. The fraction of sp³-hybridized carbons (Fsp3) is 0.364. The Hall–Kier alpha value is -3.02. The summed E-state index contributed by atoms with van der Waals surface area (Å²) in [7, 11) is 1.63. The molecule has 3 rings (SSSR count). The van der Waals surface area contributed by atoms with E-state index >= 15 is 0 Å². The van der Waals surface area contributed by atoms with Gasteiger partial charge in [-0.2, -0.15) is 0 Å². The Bertz CT molecular complexity index is 848. The summed E-state index contributed by atoms with van der Waals surface area (Å²) in [6.07, 6.45) is 2.19. The molecule has 0 saturated heterocycles. The highest BCUT2D eigenvalue weighted by atomic mass is 16.5. The molecule has 2 aromatic rings. The van der Waals surface area contributed by atoms with Crippen molar-refractivity contribution in [3.8, 4) is 11.5 Å². The molecule has 6 heteroatoms. The number of hydrogen-bond acceptors (Lipinski definition) is 4. The summed E-state index contributed by atoms with van der Waals surface area (Å²) in [6, 6.07) is 11.2. The van der Waals surface area contributed by atoms with Crippen LogP contribution >= 0.6 is 0 Å². The smallest absolute Gasteiger partial charge is 0.341 e. The Kier molecular flexibility index (Phi) is 5.87. The normalized spacial score (nSPS) is 14.2. The largest absolute Gasteiger partial charge is 0.497 e. The number of benzene rings is 2. The highest BCUT2D eigenvalue weighted by molar-refractivity contribution is 5.95. The molecule has 0 aromatic heterocycles. The van der Waals surface area contributed by atoms with Gasteiger partial charge in [-0.3, -0.25) is 4.79 Å². The molecule has 1 aliphatic carbocycles. The molecule has 1 fully saturated rings. The van der Waals surface area contributed by atoms with Gasteiger partial charge in [-0.15, -0.1) is 0 Å². The van der Waals surface area contributed by atoms with Gasteiger partial charge in [0.1, 0.15) is 11.5 Å². The number of carboxylic acids is 1. The van der Waals surface area contributed by atoms with E-state index in [1.807, 2.05) is 38.1 Å². The summed E-state index contributed by atoms with van der Waals surface area (Å²) in [5.74, 6) is 0.550. The molecule has 0 aliphatic heterocycles. The summed E-state index contributed by atoms with van der Waals surface area (Å²) in [6.45, 7) is 3.21. The van der Waals surface area contributed by atoms with Crippen molar-refractivity contribution in [3.63, 3.8) is 0 Å². The topological polar surface area (TPSA) is 84.9 Å². The molecule has 1 saturated carbocycles. The molecule has 148 valence electrons. The van der Waals surface area contributed by atoms with Crippen LogP contribution in [0.25, 0.3) is 0 Å². The average Bonchev–Trinajstić information content (AvgIpc) is 3.50. The Morgan fingerprint density at radius 1 is 1.14 bits per heavy atom. The van der Waals surface area contributed by atoms with Crippen LogP contribution in [0.15, 0.2) is 36.4 Å². The van der Waals surface area contributed by atoms with E-state index in [-0.39, 0.29) is 11.9 Å². The number of methoxy groups -OCH3 is 1. The van der Waals surface area contributed by atoms with Crippen LogP contribution in [-0.4, -0.2) is 30.7 Å². The van der Waals surface area contributed by atoms with Crippen molar-refractivity contribution in [2.45, 2.75) is 32.7 Å². The Balaban J connectivity index is 1.77. The minimum absolute atomic E-state index is 0.0399. The second-order valence-electron chi connectivity index (χ2n) is 7.18. The van der Waals surface area contributed by atoms with Crippen molar-refractivity contribution in [3.05, 3.63) is 58.7 Å². The summed E-state index contributed by atoms with van der Waals surface area (Å²) >= 11 is 0. The zero-order valence-electron chi connectivity index (χ0n) is 16.3. The van der Waals surface area contributed by atoms with Gasteiger partial charge in [0.05, 0.1) is 13.2 Å². The third-order valence-corrected chi connectivity index (χ3v) is 4.92. The number of ether oxygens (including phenoxy) is 2. The van der Waals surface area contributed by atoms with Crippen LogP contribution in [-0.2, 0) is 4.79 Å². The number of hydrogen-bond donors (Lipinski definition) is 2. The predicted molar refractivity (Wildman–Crippen MR) is 105 cm³/mol. The van der Waals surface area contributed by atoms with Crippen LogP contribution in [0.3, 0.4) is 0 Å². The molecular formula is C22H25NO5. The highest BCUT2D eigenvalue weighted by Crippen LogP contribution is 2.41. The lowest BCUT2D eigenvalue weighted by Gasteiger charge is -2.20. The Labute approximate surface area is 164 Å². The molecule has 1 aliphatic rings. The number of rotatable bonds is 8. The highest BCUT2D eigenvalue weighted by Gasteiger charge is 2.33. The molecule has 1 atom stereocenters. The summed E-state index contributed by atoms with van der Waals surface area (Å²) in [4.78, 5) is 23.6. The van der Waals surface area contributed by atoms with Gasteiger partial charge in [-0.05, 0) is 73.6 Å². The fourth-order valence-corrected chi connectivity index (χ4v) is 3.38. The molecule has 0 radical (unpaired) electrons. The standard InChI is InChI=1S/C22H25NO5/c1-13-10-17(11-14(2)21(13)28-12-19(24)25)22(26)23-20(15-4-5-15)16-6-8-18(27-3)9-7-16/h6-11,15,20H,4-5,12H2,1-3H3,(H,23,26)(H,24,25). The van der Waals surface area contributed by atoms with Crippen LogP contribution in [0.2, 0.25) is 0 Å². The van der Waals surface area contributed by atoms with Crippen molar-refractivity contribution in [2.75, 3.05) is 13.7 Å². The van der Waals surface area contributed by atoms with Gasteiger partial charge in [0, 0.05) is 5.56 Å². The van der Waals surface area contributed by atoms with Gasteiger partial charge in [0.25, 0.3) is 5.91 Å². The second kappa shape index (κ2) is 8.33. The number of amides is 1. The maximum atomic E-state index is 12.9. The molecule has 2 aromatic carbocycles. The molecule has 0 spiro atoms. The summed E-state index contributed by atoms with van der Waals surface area (Å²) in [5, 5.41) is 12.0. The van der Waals surface area contributed by atoms with Gasteiger partial charge in [-0.1, -0.05) is 12.1 Å². The molecule has 6 nitrogen and oxygen atoms in total. The lowest BCUT2D eigenvalue weighted by molar-refractivity contribution is -0.139. The van der Waals surface area contributed by atoms with Gasteiger partial charge >= 0.3 is 5.97 Å². The second-order valence-corrected chi connectivity index (χ2v) is 7.18. The molecule has 0 heterocycles. The predicted octanol–water partition coefficient (Wildman–Crippen LogP) is 3.66. The molecule has 1 unspecified atom stereocenters. The van der Waals surface area contributed by atoms with E-state index in [4.69, 9.17) is 14.6 Å². The average molecular weight is 383 g/mol. The van der Waals surface area contributed by atoms with Gasteiger partial charge in [0.2, 0.25) is 0 Å². The Morgan fingerprint density at radius 2 is 1.75 bits per heavy atom. The molecule has 28 heavy (non-hydrogen) atoms. The van der Waals surface area contributed by atoms with Crippen molar-refractivity contribution >= 4 is 11.9 Å². The van der Waals surface area contributed by atoms with Crippen LogP contribution in [0, 0.1) is 19.8 Å². The number of aliphatic carboxylic acids is 1. The third kappa shape index (κ3) is 4.63. The van der Waals surface area contributed by atoms with Crippen LogP contribution in [0.5, 0.6) is 11.5 Å². The van der Waals surface area contributed by atoms with E-state index in [1.165, 1.54) is 0 Å². The monoisotopic (exact) mass is 383 g/mol. The molecule has 2 N–H and O–H groups in total. The van der Waals surface area contributed by atoms with Crippen molar-refractivity contribution in [1.82, 2.24) is 5.32 Å². The maximum Gasteiger partial charge on any atom is 0.341 e. The van der Waals surface area contributed by atoms with E-state index in [0.717, 1.165) is 35.3 Å². The van der Waals surface area contributed by atoms with E-state index in [0.29, 0.717) is 17.2 Å². The van der Waals surface area contributed by atoms with E-state index in [2.05, 4.69) is 5.32 Å². The lowest BCUT2D eigenvalue weighted by atomic mass is 10.0. The lowest BCUT2D eigenvalue weighted by Crippen LogP contribution is -2.30. The fourth-order valence-electron chi connectivity index (χ4n) is 3.38. The van der Waals surface area contributed by atoms with Gasteiger partial charge in [-0.25, -0.2) is 4.79 Å². The van der Waals surface area contributed by atoms with Crippen molar-refractivity contribution in [2.24, 2.45) is 5.92 Å². The number of aryl methyl sites for hydroxylation is 2. The van der Waals surface area contributed by atoms with E-state index in [1.54, 1.807) is 19.2 Å². The van der Waals surface area contributed by atoms with Gasteiger partial charge in [0.15, 0.2) is 6.61 Å². The third-order valence-electron chi connectivity index (χ3n) is 4.92. The molecule has 1 amide bonds. The minimum Gasteiger partial charge on any atom is -0.497 e. The number of carbonyl (C=O) groups is 2. The molecule has 0 bridgehead atoms. The number of carbonyl (C=O) groups excluding carboxylic acids is 1. The van der Waals surface area contributed by atoms with Crippen molar-refractivity contribution in [1.29, 1.82) is 0 Å². The first-order valence-corrected chi connectivity index (χ1v) is 9.29. The SMILES string of the molecule is COc1ccc(C(NC(=O)c2cc(C)c(OCC(=O)O)c(C)c2)C2CC2)cc1. The van der Waals surface area contributed by atoms with Crippen molar-refractivity contribution < 1.29 is 24.2 Å². The number of carboxylic acid groups (broad SMARTS) is 1. The van der Waals surface area contributed by atoms with E-state index < -0.39 is 12.6 Å². The van der Waals surface area contributed by atoms with Gasteiger partial charge < -0.3 is 19.9 Å². The van der Waals surface area contributed by atoms with E-state index in [9.17, 15) is 9.59 Å². The van der Waals surface area contributed by atoms with Crippen LogP contribution in [0.4, 0.5) is 0 Å². The first-order valence-electron chi connectivity index (χ1n) is 9.29. The molecular weight excluding hydrogens is 358 g/mol. The first kappa shape index (κ1) is 19.7. The maximum absolute atomic E-state index is 12.9. The zero-order valence-corrected chi connectivity index (χ0v) is 16.3. The van der Waals surface area contributed by atoms with Crippen LogP contribution < -0.4 is 14.8 Å². The van der Waals surface area contributed by atoms with Crippen LogP contribution in [0.1, 0.15) is 45.9 Å². The summed E-state index contributed by atoms with van der Waals surface area (Å²) < 4.78 is 10.6.